The molecule has 6 atom stereocenters. The third kappa shape index (κ3) is 1.69. The minimum Gasteiger partial charge on any atom is -0.375 e. The maximum absolute atomic E-state index is 6.16. The van der Waals surface area contributed by atoms with Gasteiger partial charge in [0.05, 0.1) is 5.60 Å². The van der Waals surface area contributed by atoms with Gasteiger partial charge in [-0.3, -0.25) is 0 Å². The normalized spacial score (nSPS) is 57.2. The van der Waals surface area contributed by atoms with E-state index >= 15 is 0 Å². The van der Waals surface area contributed by atoms with Crippen LogP contribution in [-0.4, -0.2) is 12.2 Å². The molecule has 0 unspecified atom stereocenters. The van der Waals surface area contributed by atoms with E-state index in [1.165, 1.54) is 57.8 Å². The first-order valence-electron chi connectivity index (χ1n) is 8.77. The standard InChI is InChI=1S/C18H30O/c1-17-10-4-3-5-13(17)6-7-14-15(17)8-11-18(2)16(14)9-12-19-18/h13-16H,3-12H2,1-2H3/t13-,14-,15+,16+,17+,18+/m1/s1. The maximum atomic E-state index is 6.16. The summed E-state index contributed by atoms with van der Waals surface area (Å²) in [5.41, 5.74) is 0.935. The number of fused-ring (bicyclic) bond motifs is 5. The van der Waals surface area contributed by atoms with Crippen molar-refractivity contribution in [2.24, 2.45) is 29.1 Å². The molecule has 3 saturated carbocycles. The number of hydrogen-bond acceptors (Lipinski definition) is 1. The van der Waals surface area contributed by atoms with Gasteiger partial charge >= 0.3 is 0 Å². The van der Waals surface area contributed by atoms with Gasteiger partial charge in [0, 0.05) is 6.61 Å². The molecule has 0 aromatic carbocycles. The molecule has 3 aliphatic carbocycles. The molecule has 108 valence electrons. The molecular weight excluding hydrogens is 232 g/mol. The molecule has 0 aromatic heterocycles. The van der Waals surface area contributed by atoms with Crippen LogP contribution in [0.25, 0.3) is 0 Å². The van der Waals surface area contributed by atoms with Crippen molar-refractivity contribution in [3.63, 3.8) is 0 Å². The number of hydrogen-bond donors (Lipinski definition) is 0. The van der Waals surface area contributed by atoms with Crippen LogP contribution in [0, 0.1) is 29.1 Å². The fraction of sp³-hybridized carbons (Fsp3) is 1.00. The van der Waals surface area contributed by atoms with Crippen LogP contribution < -0.4 is 0 Å². The van der Waals surface area contributed by atoms with Crippen molar-refractivity contribution in [1.82, 2.24) is 0 Å². The smallest absolute Gasteiger partial charge is 0.0686 e. The van der Waals surface area contributed by atoms with Gasteiger partial charge in [0.1, 0.15) is 0 Å². The molecule has 1 heterocycles. The van der Waals surface area contributed by atoms with Crippen LogP contribution in [0.15, 0.2) is 0 Å². The molecule has 0 spiro atoms. The van der Waals surface area contributed by atoms with Crippen molar-refractivity contribution in [2.75, 3.05) is 6.61 Å². The molecule has 1 aliphatic heterocycles. The first-order chi connectivity index (χ1) is 9.13. The number of ether oxygens (including phenoxy) is 1. The molecule has 0 N–H and O–H groups in total. The van der Waals surface area contributed by atoms with Gasteiger partial charge in [0.15, 0.2) is 0 Å². The highest BCUT2D eigenvalue weighted by molar-refractivity contribution is 5.07. The van der Waals surface area contributed by atoms with Crippen LogP contribution in [0.1, 0.15) is 71.6 Å². The Balaban J connectivity index is 1.64. The van der Waals surface area contributed by atoms with E-state index in [9.17, 15) is 0 Å². The quantitative estimate of drug-likeness (QED) is 0.609. The average molecular weight is 262 g/mol. The van der Waals surface area contributed by atoms with Crippen LogP contribution in [0.2, 0.25) is 0 Å². The lowest BCUT2D eigenvalue weighted by Gasteiger charge is -2.59. The second-order valence-corrected chi connectivity index (χ2v) is 8.39. The highest BCUT2D eigenvalue weighted by Gasteiger charge is 2.57. The van der Waals surface area contributed by atoms with Gasteiger partial charge in [-0.1, -0.05) is 19.8 Å². The summed E-state index contributed by atoms with van der Waals surface area (Å²) in [5.74, 6) is 3.94. The fourth-order valence-corrected chi connectivity index (χ4v) is 6.70. The topological polar surface area (TPSA) is 9.23 Å². The SMILES string of the molecule is C[C@]12CCCC[C@@H]1CC[C@@H]1[C@@H]2CC[C@]2(C)OCC[C@@H]12. The van der Waals surface area contributed by atoms with E-state index in [1.54, 1.807) is 0 Å². The van der Waals surface area contributed by atoms with Crippen LogP contribution in [-0.2, 0) is 4.74 Å². The third-order valence-corrected chi connectivity index (χ3v) is 7.78. The Kier molecular flexibility index (Phi) is 2.82. The summed E-state index contributed by atoms with van der Waals surface area (Å²) < 4.78 is 6.16. The Labute approximate surface area is 118 Å². The predicted octanol–water partition coefficient (Wildman–Crippen LogP) is 4.80. The summed E-state index contributed by atoms with van der Waals surface area (Å²) in [7, 11) is 0. The highest BCUT2D eigenvalue weighted by atomic mass is 16.5. The summed E-state index contributed by atoms with van der Waals surface area (Å²) >= 11 is 0. The zero-order valence-electron chi connectivity index (χ0n) is 12.8. The Morgan fingerprint density at radius 1 is 0.842 bits per heavy atom. The van der Waals surface area contributed by atoms with Gasteiger partial charge < -0.3 is 4.74 Å². The van der Waals surface area contributed by atoms with Crippen molar-refractivity contribution >= 4 is 0 Å². The summed E-state index contributed by atoms with van der Waals surface area (Å²) in [5, 5.41) is 0. The van der Waals surface area contributed by atoms with Crippen LogP contribution in [0.5, 0.6) is 0 Å². The zero-order chi connectivity index (χ0) is 13.1. The van der Waals surface area contributed by atoms with Crippen molar-refractivity contribution in [2.45, 2.75) is 77.2 Å². The third-order valence-electron chi connectivity index (χ3n) is 7.78. The van der Waals surface area contributed by atoms with Gasteiger partial charge in [0.25, 0.3) is 0 Å². The largest absolute Gasteiger partial charge is 0.375 e. The van der Waals surface area contributed by atoms with Crippen molar-refractivity contribution < 1.29 is 4.74 Å². The van der Waals surface area contributed by atoms with Crippen LogP contribution in [0.3, 0.4) is 0 Å². The highest BCUT2D eigenvalue weighted by Crippen LogP contribution is 2.63. The summed E-state index contributed by atoms with van der Waals surface area (Å²) in [6.45, 7) is 6.10. The van der Waals surface area contributed by atoms with Gasteiger partial charge in [-0.15, -0.1) is 0 Å². The molecule has 19 heavy (non-hydrogen) atoms. The van der Waals surface area contributed by atoms with Gasteiger partial charge in [0.2, 0.25) is 0 Å². The molecule has 1 nitrogen and oxygen atoms in total. The van der Waals surface area contributed by atoms with Crippen LogP contribution >= 0.6 is 0 Å². The summed E-state index contributed by atoms with van der Waals surface area (Å²) in [4.78, 5) is 0. The Hall–Kier alpha value is -0.0400. The van der Waals surface area contributed by atoms with E-state index < -0.39 is 0 Å². The van der Waals surface area contributed by atoms with E-state index in [1.807, 2.05) is 0 Å². The van der Waals surface area contributed by atoms with Crippen LogP contribution in [0.4, 0.5) is 0 Å². The molecule has 0 amide bonds. The average Bonchev–Trinajstić information content (AvgIpc) is 2.79. The molecule has 0 aromatic rings. The minimum atomic E-state index is 0.249. The Morgan fingerprint density at radius 2 is 1.74 bits per heavy atom. The van der Waals surface area contributed by atoms with E-state index in [2.05, 4.69) is 13.8 Å². The fourth-order valence-electron chi connectivity index (χ4n) is 6.70. The molecule has 1 heteroatoms. The van der Waals surface area contributed by atoms with E-state index in [4.69, 9.17) is 4.74 Å². The lowest BCUT2D eigenvalue weighted by molar-refractivity contribution is -0.131. The molecular formula is C18H30O. The van der Waals surface area contributed by atoms with Gasteiger partial charge in [-0.05, 0) is 81.0 Å². The Bertz CT molecular complexity index is 365. The van der Waals surface area contributed by atoms with Gasteiger partial charge in [-0.2, -0.15) is 0 Å². The summed E-state index contributed by atoms with van der Waals surface area (Å²) in [6, 6.07) is 0. The first kappa shape index (κ1) is 12.7. The van der Waals surface area contributed by atoms with Crippen molar-refractivity contribution in [1.29, 1.82) is 0 Å². The van der Waals surface area contributed by atoms with E-state index in [-0.39, 0.29) is 5.60 Å². The molecule has 4 fully saturated rings. The molecule has 1 saturated heterocycles. The molecule has 4 aliphatic rings. The first-order valence-corrected chi connectivity index (χ1v) is 8.77. The monoisotopic (exact) mass is 262 g/mol. The zero-order valence-corrected chi connectivity index (χ0v) is 12.8. The summed E-state index contributed by atoms with van der Waals surface area (Å²) in [6.07, 6.45) is 13.2. The second kappa shape index (κ2) is 4.23. The van der Waals surface area contributed by atoms with Crippen molar-refractivity contribution in [3.05, 3.63) is 0 Å². The minimum absolute atomic E-state index is 0.249. The van der Waals surface area contributed by atoms with E-state index in [0.29, 0.717) is 5.41 Å². The lowest BCUT2D eigenvalue weighted by atomic mass is 9.46. The maximum Gasteiger partial charge on any atom is 0.0686 e. The molecule has 0 radical (unpaired) electrons. The molecule has 4 rings (SSSR count). The Morgan fingerprint density at radius 3 is 2.63 bits per heavy atom. The number of rotatable bonds is 0. The van der Waals surface area contributed by atoms with E-state index in [0.717, 1.165) is 30.3 Å². The second-order valence-electron chi connectivity index (χ2n) is 8.39. The lowest BCUT2D eigenvalue weighted by Crippen LogP contribution is -2.53. The predicted molar refractivity (Wildman–Crippen MR) is 78.0 cm³/mol. The van der Waals surface area contributed by atoms with Crippen molar-refractivity contribution in [3.8, 4) is 0 Å². The molecule has 0 bridgehead atoms. The van der Waals surface area contributed by atoms with Gasteiger partial charge in [-0.25, -0.2) is 0 Å².